The number of benzene rings is 4. The van der Waals surface area contributed by atoms with Crippen LogP contribution in [-0.2, 0) is 29.0 Å². The molecule has 0 fully saturated rings. The molecule has 0 radical (unpaired) electrons. The molecule has 5 rings (SSSR count). The standard InChI is InChI=1S/C35H38N4O3/c1-24(37-30(21-34(40)41)20-29-22-36-32-15-9-8-14-31(29)32)38-33(35(42)39(2)23-25-10-4-3-5-11-25)19-26-16-17-27-12-6-7-13-28(27)18-26/h3-18,22,24,30,33,36-38H,19-21,23H2,1-2H3,(H,40,41)/t24?,30-,33?/m0/s1. The van der Waals surface area contributed by atoms with E-state index in [1.54, 1.807) is 4.90 Å². The van der Waals surface area contributed by atoms with Crippen molar-refractivity contribution in [1.82, 2.24) is 20.5 Å². The number of amides is 1. The maximum absolute atomic E-state index is 13.9. The number of hydrogen-bond acceptors (Lipinski definition) is 4. The zero-order valence-corrected chi connectivity index (χ0v) is 24.1. The molecular weight excluding hydrogens is 524 g/mol. The number of aromatic amines is 1. The molecule has 0 spiro atoms. The minimum atomic E-state index is -0.870. The summed E-state index contributed by atoms with van der Waals surface area (Å²) in [4.78, 5) is 30.7. The Bertz CT molecular complexity index is 1650. The van der Waals surface area contributed by atoms with Crippen molar-refractivity contribution >= 4 is 33.6 Å². The summed E-state index contributed by atoms with van der Waals surface area (Å²) in [7, 11) is 1.83. The van der Waals surface area contributed by atoms with Crippen molar-refractivity contribution in [3.63, 3.8) is 0 Å². The highest BCUT2D eigenvalue weighted by Crippen LogP contribution is 2.21. The summed E-state index contributed by atoms with van der Waals surface area (Å²) in [5, 5.41) is 20.0. The van der Waals surface area contributed by atoms with Crippen LogP contribution in [0.15, 0.2) is 103 Å². The second-order valence-corrected chi connectivity index (χ2v) is 11.0. The lowest BCUT2D eigenvalue weighted by atomic mass is 10.00. The maximum atomic E-state index is 13.9. The van der Waals surface area contributed by atoms with Gasteiger partial charge >= 0.3 is 5.97 Å². The molecule has 0 aliphatic carbocycles. The number of hydrogen-bond donors (Lipinski definition) is 4. The van der Waals surface area contributed by atoms with Crippen molar-refractivity contribution in [3.8, 4) is 0 Å². The average Bonchev–Trinajstić information content (AvgIpc) is 3.39. The first-order chi connectivity index (χ1) is 20.4. The van der Waals surface area contributed by atoms with Crippen LogP contribution >= 0.6 is 0 Å². The van der Waals surface area contributed by atoms with Gasteiger partial charge in [-0.3, -0.25) is 20.2 Å². The lowest BCUT2D eigenvalue weighted by Gasteiger charge is -2.30. The van der Waals surface area contributed by atoms with E-state index in [0.29, 0.717) is 19.4 Å². The fraction of sp³-hybridized carbons (Fsp3) is 0.257. The van der Waals surface area contributed by atoms with E-state index in [4.69, 9.17) is 0 Å². The van der Waals surface area contributed by atoms with Crippen LogP contribution in [0.4, 0.5) is 0 Å². The first-order valence-electron chi connectivity index (χ1n) is 14.4. The number of para-hydroxylation sites is 1. The predicted octanol–water partition coefficient (Wildman–Crippen LogP) is 5.50. The summed E-state index contributed by atoms with van der Waals surface area (Å²) >= 11 is 0. The molecule has 0 aliphatic rings. The summed E-state index contributed by atoms with van der Waals surface area (Å²) in [6.45, 7) is 2.45. The number of carboxylic acid groups (broad SMARTS) is 1. The molecule has 4 N–H and O–H groups in total. The van der Waals surface area contributed by atoms with Crippen LogP contribution in [0, 0.1) is 0 Å². The number of nitrogens with zero attached hydrogens (tertiary/aromatic N) is 1. The summed E-state index contributed by atoms with van der Waals surface area (Å²) in [5.74, 6) is -0.891. The number of H-pyrrole nitrogens is 1. The topological polar surface area (TPSA) is 97.5 Å². The van der Waals surface area contributed by atoms with Gasteiger partial charge in [0.15, 0.2) is 0 Å². The molecule has 1 amide bonds. The van der Waals surface area contributed by atoms with Crippen molar-refractivity contribution < 1.29 is 14.7 Å². The Kier molecular flexibility index (Phi) is 9.31. The lowest BCUT2D eigenvalue weighted by Crippen LogP contribution is -2.55. The largest absolute Gasteiger partial charge is 0.481 e. The fourth-order valence-electron chi connectivity index (χ4n) is 5.69. The van der Waals surface area contributed by atoms with E-state index in [9.17, 15) is 14.7 Å². The monoisotopic (exact) mass is 562 g/mol. The van der Waals surface area contributed by atoms with Crippen LogP contribution in [0.5, 0.6) is 0 Å². The summed E-state index contributed by atoms with van der Waals surface area (Å²) in [6, 6.07) is 31.6. The van der Waals surface area contributed by atoms with Gasteiger partial charge in [0.25, 0.3) is 0 Å². The predicted molar refractivity (Wildman–Crippen MR) is 168 cm³/mol. The zero-order chi connectivity index (χ0) is 29.5. The van der Waals surface area contributed by atoms with E-state index in [1.165, 1.54) is 0 Å². The van der Waals surface area contributed by atoms with Crippen LogP contribution in [0.25, 0.3) is 21.7 Å². The molecule has 0 bridgehead atoms. The molecule has 7 heteroatoms. The van der Waals surface area contributed by atoms with Gasteiger partial charge in [0.05, 0.1) is 18.6 Å². The number of aromatic nitrogens is 1. The SMILES string of the molecule is CC(NC(Cc1ccc2ccccc2c1)C(=O)N(C)Cc1ccccc1)N[C@H](CC(=O)O)Cc1c[nH]c2ccccc12. The van der Waals surface area contributed by atoms with Crippen molar-refractivity contribution in [2.45, 2.75) is 51.0 Å². The molecule has 7 nitrogen and oxygen atoms in total. The van der Waals surface area contributed by atoms with Crippen LogP contribution in [0.3, 0.4) is 0 Å². The highest BCUT2D eigenvalue weighted by molar-refractivity contribution is 5.85. The first-order valence-corrected chi connectivity index (χ1v) is 14.4. The van der Waals surface area contributed by atoms with Gasteiger partial charge in [0, 0.05) is 36.7 Å². The van der Waals surface area contributed by atoms with Crippen LogP contribution in [0.1, 0.15) is 30.0 Å². The van der Waals surface area contributed by atoms with Crippen molar-refractivity contribution in [1.29, 1.82) is 0 Å². The third-order valence-corrected chi connectivity index (χ3v) is 7.69. The molecule has 216 valence electrons. The van der Waals surface area contributed by atoms with Gasteiger partial charge in [-0.15, -0.1) is 0 Å². The molecule has 2 unspecified atom stereocenters. The quantitative estimate of drug-likeness (QED) is 0.142. The second-order valence-electron chi connectivity index (χ2n) is 11.0. The van der Waals surface area contributed by atoms with Crippen LogP contribution < -0.4 is 10.6 Å². The number of fused-ring (bicyclic) bond motifs is 2. The Balaban J connectivity index is 1.34. The number of aliphatic carboxylic acids is 1. The highest BCUT2D eigenvalue weighted by atomic mass is 16.4. The molecular formula is C35H38N4O3. The van der Waals surface area contributed by atoms with Gasteiger partial charge in [-0.05, 0) is 53.3 Å². The number of rotatable bonds is 13. The number of nitrogens with one attached hydrogen (secondary N) is 3. The minimum Gasteiger partial charge on any atom is -0.481 e. The van der Waals surface area contributed by atoms with Gasteiger partial charge in [-0.25, -0.2) is 0 Å². The van der Waals surface area contributed by atoms with E-state index < -0.39 is 12.0 Å². The fourth-order valence-corrected chi connectivity index (χ4v) is 5.69. The maximum Gasteiger partial charge on any atom is 0.304 e. The van der Waals surface area contributed by atoms with Crippen LogP contribution in [0.2, 0.25) is 0 Å². The molecule has 1 aromatic heterocycles. The van der Waals surface area contributed by atoms with Gasteiger partial charge in [0.2, 0.25) is 5.91 Å². The Morgan fingerprint density at radius 3 is 2.33 bits per heavy atom. The van der Waals surface area contributed by atoms with E-state index in [1.807, 2.05) is 86.9 Å². The third-order valence-electron chi connectivity index (χ3n) is 7.69. The zero-order valence-electron chi connectivity index (χ0n) is 24.1. The molecule has 4 aromatic carbocycles. The van der Waals surface area contributed by atoms with Gasteiger partial charge < -0.3 is 15.0 Å². The van der Waals surface area contributed by atoms with E-state index >= 15 is 0 Å². The number of carbonyl (C=O) groups is 2. The van der Waals surface area contributed by atoms with Gasteiger partial charge in [-0.1, -0.05) is 91.0 Å². The number of carbonyl (C=O) groups excluding carboxylic acids is 1. The van der Waals surface area contributed by atoms with Gasteiger partial charge in [-0.2, -0.15) is 0 Å². The Morgan fingerprint density at radius 1 is 0.833 bits per heavy atom. The molecule has 1 heterocycles. The molecule has 42 heavy (non-hydrogen) atoms. The summed E-state index contributed by atoms with van der Waals surface area (Å²) < 4.78 is 0. The molecule has 3 atom stereocenters. The highest BCUT2D eigenvalue weighted by Gasteiger charge is 2.26. The lowest BCUT2D eigenvalue weighted by molar-refractivity contribution is -0.138. The Morgan fingerprint density at radius 2 is 1.55 bits per heavy atom. The molecule has 0 saturated carbocycles. The van der Waals surface area contributed by atoms with E-state index in [-0.39, 0.29) is 24.5 Å². The van der Waals surface area contributed by atoms with Crippen molar-refractivity contribution in [2.75, 3.05) is 7.05 Å². The van der Waals surface area contributed by atoms with E-state index in [2.05, 4.69) is 45.9 Å². The molecule has 0 aliphatic heterocycles. The molecule has 5 aromatic rings. The summed E-state index contributed by atoms with van der Waals surface area (Å²) in [6.07, 6.45) is 2.63. The van der Waals surface area contributed by atoms with E-state index in [0.717, 1.165) is 38.4 Å². The van der Waals surface area contributed by atoms with Gasteiger partial charge in [0.1, 0.15) is 0 Å². The van der Waals surface area contributed by atoms with Crippen LogP contribution in [-0.4, -0.2) is 52.2 Å². The smallest absolute Gasteiger partial charge is 0.304 e. The third kappa shape index (κ3) is 7.43. The summed E-state index contributed by atoms with van der Waals surface area (Å²) in [5.41, 5.74) is 4.20. The number of carboxylic acids is 1. The Hall–Kier alpha value is -4.46. The second kappa shape index (κ2) is 13.5. The normalized spacial score (nSPS) is 13.6. The first kappa shape index (κ1) is 29.0. The minimum absolute atomic E-state index is 0.0212. The van der Waals surface area contributed by atoms with Crippen molar-refractivity contribution in [3.05, 3.63) is 120 Å². The Labute approximate surface area is 246 Å². The average molecular weight is 563 g/mol. The number of likely N-dealkylation sites (N-methyl/N-ethyl adjacent to an activating group) is 1. The molecule has 0 saturated heterocycles. The van der Waals surface area contributed by atoms with Crippen molar-refractivity contribution in [2.24, 2.45) is 0 Å².